The summed E-state index contributed by atoms with van der Waals surface area (Å²) < 4.78 is 12.1. The maximum absolute atomic E-state index is 13.1. The van der Waals surface area contributed by atoms with Gasteiger partial charge >= 0.3 is 0 Å². The molecule has 3 N–H and O–H groups in total. The molecule has 2 aromatic heterocycles. The third-order valence-corrected chi connectivity index (χ3v) is 8.12. The van der Waals surface area contributed by atoms with E-state index in [-0.39, 0.29) is 11.6 Å². The predicted molar refractivity (Wildman–Crippen MR) is 166 cm³/mol. The number of aromatic nitrogens is 3. The van der Waals surface area contributed by atoms with Gasteiger partial charge in [-0.3, -0.25) is 9.59 Å². The largest absolute Gasteiger partial charge is 0.481 e. The topological polar surface area (TPSA) is 128 Å². The lowest BCUT2D eigenvalue weighted by molar-refractivity contribution is -0.0281. The first kappa shape index (κ1) is 30.4. The Kier molecular flexibility index (Phi) is 9.22. The average molecular weight is 604 g/mol. The molecule has 2 atom stereocenters. The van der Waals surface area contributed by atoms with Gasteiger partial charge in [-0.25, -0.2) is 9.67 Å². The van der Waals surface area contributed by atoms with Crippen molar-refractivity contribution in [3.05, 3.63) is 92.4 Å². The maximum atomic E-state index is 13.1. The van der Waals surface area contributed by atoms with Crippen molar-refractivity contribution in [1.29, 1.82) is 0 Å². The number of hydrogen-bond acceptors (Lipinski definition) is 8. The molecular formula is C32H34ClN5O5. The number of hydrogen-bond donors (Lipinski definition) is 3. The molecule has 1 saturated heterocycles. The minimum atomic E-state index is -0.559. The molecular weight excluding hydrogens is 570 g/mol. The van der Waals surface area contributed by atoms with E-state index in [9.17, 15) is 14.7 Å². The normalized spacial score (nSPS) is 16.6. The van der Waals surface area contributed by atoms with E-state index in [0.29, 0.717) is 47.6 Å². The molecule has 0 radical (unpaired) electrons. The van der Waals surface area contributed by atoms with Crippen LogP contribution in [0.3, 0.4) is 0 Å². The van der Waals surface area contributed by atoms with Gasteiger partial charge in [-0.15, -0.1) is 0 Å². The molecule has 2 aromatic carbocycles. The zero-order chi connectivity index (χ0) is 30.7. The molecule has 0 spiro atoms. The van der Waals surface area contributed by atoms with Crippen LogP contribution in [-0.4, -0.2) is 58.2 Å². The molecule has 5 rings (SSSR count). The van der Waals surface area contributed by atoms with E-state index < -0.39 is 17.6 Å². The van der Waals surface area contributed by atoms with E-state index in [1.165, 1.54) is 13.2 Å². The van der Waals surface area contributed by atoms with Crippen molar-refractivity contribution in [1.82, 2.24) is 20.1 Å². The van der Waals surface area contributed by atoms with Crippen LogP contribution in [0.15, 0.2) is 59.5 Å². The highest BCUT2D eigenvalue weighted by Gasteiger charge is 2.24. The van der Waals surface area contributed by atoms with E-state index in [0.717, 1.165) is 38.9 Å². The van der Waals surface area contributed by atoms with Gasteiger partial charge in [0.2, 0.25) is 5.88 Å². The van der Waals surface area contributed by atoms with Crippen molar-refractivity contribution < 1.29 is 19.4 Å². The van der Waals surface area contributed by atoms with Crippen molar-refractivity contribution in [3.63, 3.8) is 0 Å². The fraction of sp³-hybridized carbons (Fsp3) is 0.312. The Morgan fingerprint density at radius 2 is 1.88 bits per heavy atom. The zero-order valence-corrected chi connectivity index (χ0v) is 25.2. The Balaban J connectivity index is 1.42. The number of amides is 1. The van der Waals surface area contributed by atoms with Crippen LogP contribution in [0.4, 0.5) is 5.69 Å². The molecule has 1 fully saturated rings. The highest BCUT2D eigenvalue weighted by atomic mass is 35.5. The number of ether oxygens (including phenoxy) is 2. The van der Waals surface area contributed by atoms with Crippen molar-refractivity contribution in [3.8, 4) is 28.3 Å². The van der Waals surface area contributed by atoms with Crippen LogP contribution in [0.2, 0.25) is 5.02 Å². The second kappa shape index (κ2) is 13.0. The van der Waals surface area contributed by atoms with Crippen LogP contribution in [0, 0.1) is 13.8 Å². The third-order valence-electron chi connectivity index (χ3n) is 7.71. The van der Waals surface area contributed by atoms with Crippen LogP contribution in [0.5, 0.6) is 5.88 Å². The molecule has 1 aliphatic rings. The molecule has 0 saturated carbocycles. The maximum Gasteiger partial charge on any atom is 0.279 e. The lowest BCUT2D eigenvalue weighted by atomic mass is 9.96. The molecule has 43 heavy (non-hydrogen) atoms. The van der Waals surface area contributed by atoms with E-state index in [2.05, 4.69) is 15.7 Å². The molecule has 0 aliphatic carbocycles. The molecule has 11 heteroatoms. The summed E-state index contributed by atoms with van der Waals surface area (Å²) >= 11 is 7.01. The number of carbonyl (C=O) groups excluding carboxylic acids is 1. The Bertz CT molecular complexity index is 1720. The number of pyridine rings is 1. The number of rotatable bonds is 8. The molecule has 4 aromatic rings. The standard InChI is InChI=1S/C32H34ClN5O5/c1-18-15-35-38(3)32(41)28(18)30(40)36-24-10-6-7-21(19(24)2)22-8-5-9-23(29(22)33)25-12-11-20(31(37-25)42-4)16-34-26-13-14-43-17-27(26)39/h5-12,15,26-27,34,39H,13-14,16-17H2,1-4H3,(H,36,40)/t26?,27-/m0/s1. The minimum Gasteiger partial charge on any atom is -0.481 e. The van der Waals surface area contributed by atoms with Crippen LogP contribution in [0.25, 0.3) is 22.4 Å². The number of benzene rings is 2. The summed E-state index contributed by atoms with van der Waals surface area (Å²) in [6.07, 6.45) is 1.66. The van der Waals surface area contributed by atoms with Gasteiger partial charge in [0.1, 0.15) is 5.56 Å². The Morgan fingerprint density at radius 1 is 1.14 bits per heavy atom. The Morgan fingerprint density at radius 3 is 2.65 bits per heavy atom. The summed E-state index contributed by atoms with van der Waals surface area (Å²) in [7, 11) is 3.08. The number of anilines is 1. The molecule has 224 valence electrons. The van der Waals surface area contributed by atoms with Crippen LogP contribution >= 0.6 is 11.6 Å². The van der Waals surface area contributed by atoms with Crippen LogP contribution < -0.4 is 20.9 Å². The molecule has 1 amide bonds. The Hall–Kier alpha value is -4.09. The third kappa shape index (κ3) is 6.33. The first-order valence-corrected chi connectivity index (χ1v) is 14.3. The van der Waals surface area contributed by atoms with E-state index in [4.69, 9.17) is 26.1 Å². The van der Waals surface area contributed by atoms with Crippen molar-refractivity contribution in [2.45, 2.75) is 39.0 Å². The van der Waals surface area contributed by atoms with Gasteiger partial charge in [0.15, 0.2) is 0 Å². The number of halogens is 1. The first-order valence-electron chi connectivity index (χ1n) is 14.0. The fourth-order valence-corrected chi connectivity index (χ4v) is 5.54. The van der Waals surface area contributed by atoms with Gasteiger partial charge in [-0.05, 0) is 49.1 Å². The average Bonchev–Trinajstić information content (AvgIpc) is 3.00. The van der Waals surface area contributed by atoms with E-state index in [1.807, 2.05) is 49.4 Å². The van der Waals surface area contributed by atoms with Crippen LogP contribution in [0.1, 0.15) is 33.5 Å². The number of methoxy groups -OCH3 is 1. The molecule has 1 unspecified atom stereocenters. The van der Waals surface area contributed by atoms with Gasteiger partial charge in [0, 0.05) is 48.6 Å². The lowest BCUT2D eigenvalue weighted by Crippen LogP contribution is -2.46. The number of nitrogens with zero attached hydrogens (tertiary/aromatic N) is 3. The summed E-state index contributed by atoms with van der Waals surface area (Å²) in [6.45, 7) is 4.98. The fourth-order valence-electron chi connectivity index (χ4n) is 5.21. The molecule has 0 bridgehead atoms. The van der Waals surface area contributed by atoms with Gasteiger partial charge < -0.3 is 25.2 Å². The summed E-state index contributed by atoms with van der Waals surface area (Å²) in [5, 5.41) is 20.9. The Labute approximate surface area is 254 Å². The minimum absolute atomic E-state index is 0.0462. The number of aliphatic hydroxyl groups is 1. The highest BCUT2D eigenvalue weighted by molar-refractivity contribution is 6.36. The lowest BCUT2D eigenvalue weighted by Gasteiger charge is -2.28. The van der Waals surface area contributed by atoms with Crippen molar-refractivity contribution in [2.75, 3.05) is 25.6 Å². The summed E-state index contributed by atoms with van der Waals surface area (Å²) in [4.78, 5) is 30.5. The SMILES string of the molecule is COc1nc(-c2cccc(-c3cccc(NC(=O)c4c(C)cnn(C)c4=O)c3C)c2Cl)ccc1CNC1CCOC[C@@H]1O. The van der Waals surface area contributed by atoms with E-state index in [1.54, 1.807) is 20.1 Å². The summed E-state index contributed by atoms with van der Waals surface area (Å²) in [5.74, 6) is -0.0377. The van der Waals surface area contributed by atoms with Gasteiger partial charge in [0.25, 0.3) is 11.5 Å². The first-order chi connectivity index (χ1) is 20.7. The quantitative estimate of drug-likeness (QED) is 0.272. The number of aryl methyl sites for hydroxylation is 2. The molecule has 10 nitrogen and oxygen atoms in total. The van der Waals surface area contributed by atoms with Crippen molar-refractivity contribution >= 4 is 23.2 Å². The number of carbonyl (C=O) groups is 1. The van der Waals surface area contributed by atoms with Gasteiger partial charge in [0.05, 0.1) is 36.7 Å². The molecule has 1 aliphatic heterocycles. The second-order valence-corrected chi connectivity index (χ2v) is 10.9. The smallest absolute Gasteiger partial charge is 0.279 e. The van der Waals surface area contributed by atoms with Gasteiger partial charge in [-0.2, -0.15) is 5.10 Å². The summed E-state index contributed by atoms with van der Waals surface area (Å²) in [6, 6.07) is 15.0. The monoisotopic (exact) mass is 603 g/mol. The van der Waals surface area contributed by atoms with Crippen LogP contribution in [-0.2, 0) is 18.3 Å². The second-order valence-electron chi connectivity index (χ2n) is 10.5. The molecule has 3 heterocycles. The van der Waals surface area contributed by atoms with Gasteiger partial charge in [-0.1, -0.05) is 48.0 Å². The number of aliphatic hydroxyl groups excluding tert-OH is 1. The summed E-state index contributed by atoms with van der Waals surface area (Å²) in [5.41, 5.74) is 5.25. The number of nitrogens with one attached hydrogen (secondary N) is 2. The van der Waals surface area contributed by atoms with Crippen molar-refractivity contribution in [2.24, 2.45) is 7.05 Å². The highest BCUT2D eigenvalue weighted by Crippen LogP contribution is 2.39. The predicted octanol–water partition coefficient (Wildman–Crippen LogP) is 4.28. The van der Waals surface area contributed by atoms with E-state index >= 15 is 0 Å². The zero-order valence-electron chi connectivity index (χ0n) is 24.5.